The summed E-state index contributed by atoms with van der Waals surface area (Å²) in [6.45, 7) is 5.89. The van der Waals surface area contributed by atoms with E-state index in [2.05, 4.69) is 20.7 Å². The van der Waals surface area contributed by atoms with E-state index in [4.69, 9.17) is 5.84 Å². The van der Waals surface area contributed by atoms with Gasteiger partial charge >= 0.3 is 0 Å². The van der Waals surface area contributed by atoms with Crippen LogP contribution >= 0.6 is 0 Å². The molecule has 94 valence electrons. The summed E-state index contributed by atoms with van der Waals surface area (Å²) in [5, 5.41) is 13.0. The Balaban J connectivity index is 2.12. The van der Waals surface area contributed by atoms with E-state index in [1.807, 2.05) is 20.8 Å². The first-order chi connectivity index (χ1) is 7.93. The number of nitrogens with zero attached hydrogens (tertiary/aromatic N) is 2. The molecular formula is C11H19N5O. The summed E-state index contributed by atoms with van der Waals surface area (Å²) in [5.74, 6) is 7.30. The van der Waals surface area contributed by atoms with Gasteiger partial charge in [0.05, 0.1) is 6.10 Å². The van der Waals surface area contributed by atoms with Crippen molar-refractivity contribution in [1.29, 1.82) is 0 Å². The average molecular weight is 237 g/mol. The molecule has 0 aliphatic heterocycles. The number of rotatable bonds is 3. The average Bonchev–Trinajstić information content (AvgIpc) is 2.28. The van der Waals surface area contributed by atoms with Gasteiger partial charge in [-0.25, -0.2) is 15.8 Å². The first-order valence-corrected chi connectivity index (χ1v) is 5.70. The van der Waals surface area contributed by atoms with Crippen LogP contribution in [0.1, 0.15) is 26.1 Å². The third-order valence-corrected chi connectivity index (χ3v) is 3.52. The summed E-state index contributed by atoms with van der Waals surface area (Å²) < 4.78 is 0. The number of anilines is 2. The molecular weight excluding hydrogens is 218 g/mol. The molecule has 1 fully saturated rings. The molecule has 6 heteroatoms. The quantitative estimate of drug-likeness (QED) is 0.455. The molecule has 0 saturated heterocycles. The summed E-state index contributed by atoms with van der Waals surface area (Å²) in [5.41, 5.74) is 2.38. The number of hydrazine groups is 1. The molecule has 1 aliphatic rings. The van der Waals surface area contributed by atoms with Gasteiger partial charge in [-0.3, -0.25) is 0 Å². The standard InChI is InChI=1S/C11H19N5O/c1-6-13-9(5-10(14-6)16-12)15-7-4-8(17)11(7,2)3/h5,7-8,17H,4,12H2,1-3H3,(H2,13,14,15,16). The topological polar surface area (TPSA) is 96.1 Å². The fourth-order valence-corrected chi connectivity index (χ4v) is 2.04. The molecule has 1 aromatic heterocycles. The highest BCUT2D eigenvalue weighted by atomic mass is 16.3. The number of aromatic nitrogens is 2. The number of hydrogen-bond acceptors (Lipinski definition) is 6. The predicted molar refractivity (Wildman–Crippen MR) is 66.4 cm³/mol. The van der Waals surface area contributed by atoms with E-state index in [1.165, 1.54) is 0 Å². The van der Waals surface area contributed by atoms with Gasteiger partial charge in [0.2, 0.25) is 0 Å². The zero-order chi connectivity index (χ0) is 12.6. The third-order valence-electron chi connectivity index (χ3n) is 3.52. The Morgan fingerprint density at radius 2 is 2.06 bits per heavy atom. The molecule has 0 aromatic carbocycles. The number of nitrogen functional groups attached to an aromatic ring is 1. The molecule has 2 rings (SSSR count). The van der Waals surface area contributed by atoms with Crippen LogP contribution in [-0.4, -0.2) is 27.2 Å². The lowest BCUT2D eigenvalue weighted by Gasteiger charge is -2.49. The number of hydrogen-bond donors (Lipinski definition) is 4. The Kier molecular flexibility index (Phi) is 2.92. The molecule has 1 saturated carbocycles. The lowest BCUT2D eigenvalue weighted by molar-refractivity contribution is -0.0511. The Labute approximate surface area is 101 Å². The molecule has 2 unspecified atom stereocenters. The number of nitrogens with one attached hydrogen (secondary N) is 2. The van der Waals surface area contributed by atoms with Crippen LogP contribution in [0.4, 0.5) is 11.6 Å². The van der Waals surface area contributed by atoms with Gasteiger partial charge in [-0.05, 0) is 13.3 Å². The summed E-state index contributed by atoms with van der Waals surface area (Å²) in [6.07, 6.45) is 0.483. The first-order valence-electron chi connectivity index (χ1n) is 5.70. The van der Waals surface area contributed by atoms with Crippen molar-refractivity contribution in [2.75, 3.05) is 10.7 Å². The number of aliphatic hydroxyl groups excluding tert-OH is 1. The molecule has 1 aliphatic carbocycles. The van der Waals surface area contributed by atoms with Crippen LogP contribution in [0, 0.1) is 12.3 Å². The van der Waals surface area contributed by atoms with Crippen LogP contribution in [0.25, 0.3) is 0 Å². The maximum absolute atomic E-state index is 9.67. The lowest BCUT2D eigenvalue weighted by atomic mass is 9.64. The third kappa shape index (κ3) is 2.18. The van der Waals surface area contributed by atoms with Crippen molar-refractivity contribution >= 4 is 11.6 Å². The molecule has 1 aromatic rings. The van der Waals surface area contributed by atoms with Gasteiger partial charge in [0, 0.05) is 17.5 Å². The van der Waals surface area contributed by atoms with Crippen molar-refractivity contribution in [2.24, 2.45) is 11.3 Å². The van der Waals surface area contributed by atoms with Gasteiger partial charge in [-0.1, -0.05) is 13.8 Å². The van der Waals surface area contributed by atoms with Crippen LogP contribution in [0.15, 0.2) is 6.07 Å². The summed E-state index contributed by atoms with van der Waals surface area (Å²) >= 11 is 0. The van der Waals surface area contributed by atoms with Crippen molar-refractivity contribution < 1.29 is 5.11 Å². The largest absolute Gasteiger partial charge is 0.392 e. The molecule has 1 heterocycles. The van der Waals surface area contributed by atoms with Crippen molar-refractivity contribution in [3.63, 3.8) is 0 Å². The Hall–Kier alpha value is -1.40. The Morgan fingerprint density at radius 1 is 1.41 bits per heavy atom. The van der Waals surface area contributed by atoms with Crippen LogP contribution in [0.3, 0.4) is 0 Å². The highest BCUT2D eigenvalue weighted by molar-refractivity contribution is 5.48. The van der Waals surface area contributed by atoms with Crippen LogP contribution < -0.4 is 16.6 Å². The zero-order valence-corrected chi connectivity index (χ0v) is 10.4. The van der Waals surface area contributed by atoms with Gasteiger partial charge < -0.3 is 15.8 Å². The van der Waals surface area contributed by atoms with Crippen LogP contribution in [0.2, 0.25) is 0 Å². The van der Waals surface area contributed by atoms with Gasteiger partial charge in [-0.2, -0.15) is 0 Å². The minimum Gasteiger partial charge on any atom is -0.392 e. The first kappa shape index (κ1) is 12.1. The molecule has 2 atom stereocenters. The minimum atomic E-state index is -0.255. The van der Waals surface area contributed by atoms with Crippen LogP contribution in [0.5, 0.6) is 0 Å². The second kappa shape index (κ2) is 4.12. The van der Waals surface area contributed by atoms with E-state index in [9.17, 15) is 5.11 Å². The van der Waals surface area contributed by atoms with E-state index >= 15 is 0 Å². The van der Waals surface area contributed by atoms with Crippen LogP contribution in [-0.2, 0) is 0 Å². The monoisotopic (exact) mass is 237 g/mol. The van der Waals surface area contributed by atoms with E-state index in [0.717, 1.165) is 12.2 Å². The summed E-state index contributed by atoms with van der Waals surface area (Å²) in [6, 6.07) is 1.98. The van der Waals surface area contributed by atoms with Crippen molar-refractivity contribution in [3.8, 4) is 0 Å². The van der Waals surface area contributed by atoms with Gasteiger partial charge in [0.15, 0.2) is 0 Å². The fraction of sp³-hybridized carbons (Fsp3) is 0.636. The van der Waals surface area contributed by atoms with E-state index in [1.54, 1.807) is 6.07 Å². The van der Waals surface area contributed by atoms with Crippen molar-refractivity contribution in [2.45, 2.75) is 39.3 Å². The number of nitrogens with two attached hydrogens (primary N) is 1. The van der Waals surface area contributed by atoms with E-state index in [0.29, 0.717) is 11.6 Å². The number of aliphatic hydroxyl groups is 1. The predicted octanol–water partition coefficient (Wildman–Crippen LogP) is 0.642. The fourth-order valence-electron chi connectivity index (χ4n) is 2.04. The van der Waals surface area contributed by atoms with Crippen molar-refractivity contribution in [1.82, 2.24) is 9.97 Å². The molecule has 0 bridgehead atoms. The van der Waals surface area contributed by atoms with E-state index in [-0.39, 0.29) is 17.6 Å². The minimum absolute atomic E-state index is 0.130. The molecule has 6 nitrogen and oxygen atoms in total. The SMILES string of the molecule is Cc1nc(NN)cc(NC2CC(O)C2(C)C)n1. The van der Waals surface area contributed by atoms with Gasteiger partial charge in [0.1, 0.15) is 17.5 Å². The molecule has 17 heavy (non-hydrogen) atoms. The highest BCUT2D eigenvalue weighted by Gasteiger charge is 2.47. The summed E-state index contributed by atoms with van der Waals surface area (Å²) in [7, 11) is 0. The molecule has 0 amide bonds. The lowest BCUT2D eigenvalue weighted by Crippen LogP contribution is -2.57. The number of aryl methyl sites for hydroxylation is 1. The van der Waals surface area contributed by atoms with E-state index < -0.39 is 0 Å². The highest BCUT2D eigenvalue weighted by Crippen LogP contribution is 2.42. The molecule has 0 radical (unpaired) electrons. The van der Waals surface area contributed by atoms with Gasteiger partial charge in [-0.15, -0.1) is 0 Å². The summed E-state index contributed by atoms with van der Waals surface area (Å²) in [4.78, 5) is 8.41. The maximum Gasteiger partial charge on any atom is 0.145 e. The zero-order valence-electron chi connectivity index (χ0n) is 10.4. The molecule has 0 spiro atoms. The van der Waals surface area contributed by atoms with Crippen molar-refractivity contribution in [3.05, 3.63) is 11.9 Å². The van der Waals surface area contributed by atoms with Gasteiger partial charge in [0.25, 0.3) is 0 Å². The second-order valence-electron chi connectivity index (χ2n) is 5.10. The smallest absolute Gasteiger partial charge is 0.145 e. The second-order valence-corrected chi connectivity index (χ2v) is 5.10. The Bertz CT molecular complexity index is 420. The normalized spacial score (nSPS) is 26.2. The maximum atomic E-state index is 9.67. The Morgan fingerprint density at radius 3 is 2.59 bits per heavy atom. The molecule has 5 N–H and O–H groups in total.